The fraction of sp³-hybridized carbons (Fsp3) is 0.200. The van der Waals surface area contributed by atoms with Crippen LogP contribution >= 0.6 is 11.8 Å². The van der Waals surface area contributed by atoms with Crippen LogP contribution in [0.25, 0.3) is 11.5 Å². The second-order valence-electron chi connectivity index (χ2n) is 5.77. The third-order valence-electron chi connectivity index (χ3n) is 3.87. The number of carbonyl (C=O) groups excluding carboxylic acids is 1. The van der Waals surface area contributed by atoms with E-state index >= 15 is 0 Å². The largest absolute Gasteiger partial charge is 0.494 e. The van der Waals surface area contributed by atoms with Crippen molar-refractivity contribution in [2.45, 2.75) is 24.3 Å². The Balaban J connectivity index is 1.84. The zero-order valence-corrected chi connectivity index (χ0v) is 16.1. The van der Waals surface area contributed by atoms with Gasteiger partial charge in [0.05, 0.1) is 18.1 Å². The third kappa shape index (κ3) is 4.15. The molecule has 0 aliphatic carbocycles. The standard InChI is InChI=1S/C20H17N3O4S/c1-3-26-14-8-6-13(7-9-14)18(24)12(2)28-20-22-17(16-5-4-10-27-16)15(11-21)19(25)23-20/h4-10,12H,3H2,1-2H3,(H,22,23,25). The first-order chi connectivity index (χ1) is 13.5. The van der Waals surface area contributed by atoms with E-state index in [1.54, 1.807) is 43.3 Å². The van der Waals surface area contributed by atoms with Gasteiger partial charge in [0.1, 0.15) is 23.1 Å². The van der Waals surface area contributed by atoms with Crippen molar-refractivity contribution >= 4 is 17.5 Å². The lowest BCUT2D eigenvalue weighted by molar-refractivity contribution is 0.0994. The van der Waals surface area contributed by atoms with E-state index in [0.29, 0.717) is 23.7 Å². The molecule has 1 atom stereocenters. The molecule has 1 aromatic carbocycles. The van der Waals surface area contributed by atoms with Crippen LogP contribution in [0.15, 0.2) is 57.0 Å². The van der Waals surface area contributed by atoms with Gasteiger partial charge in [0.2, 0.25) is 0 Å². The van der Waals surface area contributed by atoms with E-state index < -0.39 is 10.8 Å². The molecule has 142 valence electrons. The maximum Gasteiger partial charge on any atom is 0.270 e. The van der Waals surface area contributed by atoms with Gasteiger partial charge in [-0.15, -0.1) is 0 Å². The van der Waals surface area contributed by atoms with Gasteiger partial charge in [-0.25, -0.2) is 4.98 Å². The summed E-state index contributed by atoms with van der Waals surface area (Å²) >= 11 is 1.11. The zero-order valence-electron chi connectivity index (χ0n) is 15.3. The van der Waals surface area contributed by atoms with E-state index in [9.17, 15) is 14.9 Å². The number of nitriles is 1. The number of nitrogens with zero attached hydrogens (tertiary/aromatic N) is 2. The molecule has 0 bridgehead atoms. The number of hydrogen-bond donors (Lipinski definition) is 1. The van der Waals surface area contributed by atoms with Crippen molar-refractivity contribution in [3.05, 3.63) is 64.1 Å². The molecule has 0 aliphatic heterocycles. The van der Waals surface area contributed by atoms with Crippen LogP contribution in [0.1, 0.15) is 29.8 Å². The second kappa shape index (κ2) is 8.59. The van der Waals surface area contributed by atoms with Crippen molar-refractivity contribution < 1.29 is 13.9 Å². The Hall–Kier alpha value is -3.31. The maximum atomic E-state index is 12.7. The topological polar surface area (TPSA) is 109 Å². The smallest absolute Gasteiger partial charge is 0.270 e. The molecular formula is C20H17N3O4S. The van der Waals surface area contributed by atoms with Crippen molar-refractivity contribution in [2.75, 3.05) is 6.61 Å². The van der Waals surface area contributed by atoms with Gasteiger partial charge in [-0.05, 0) is 50.2 Å². The molecule has 0 saturated carbocycles. The van der Waals surface area contributed by atoms with Crippen LogP contribution in [-0.2, 0) is 0 Å². The Morgan fingerprint density at radius 1 is 1.36 bits per heavy atom. The number of benzene rings is 1. The van der Waals surface area contributed by atoms with Crippen LogP contribution in [0.3, 0.4) is 0 Å². The number of thioether (sulfide) groups is 1. The van der Waals surface area contributed by atoms with E-state index in [2.05, 4.69) is 9.97 Å². The molecule has 0 spiro atoms. The molecule has 8 heteroatoms. The first-order valence-corrected chi connectivity index (χ1v) is 9.43. The predicted octanol–water partition coefficient (Wildman–Crippen LogP) is 3.66. The van der Waals surface area contributed by atoms with Crippen molar-refractivity contribution in [1.82, 2.24) is 9.97 Å². The van der Waals surface area contributed by atoms with Crippen molar-refractivity contribution in [1.29, 1.82) is 5.26 Å². The Labute approximate surface area is 165 Å². The number of ether oxygens (including phenoxy) is 1. The molecular weight excluding hydrogens is 378 g/mol. The molecule has 0 saturated heterocycles. The lowest BCUT2D eigenvalue weighted by Crippen LogP contribution is -2.18. The Bertz CT molecular complexity index is 1070. The number of H-pyrrole nitrogens is 1. The number of nitrogens with one attached hydrogen (secondary N) is 1. The summed E-state index contributed by atoms with van der Waals surface area (Å²) in [5.74, 6) is 0.898. The lowest BCUT2D eigenvalue weighted by atomic mass is 10.1. The highest BCUT2D eigenvalue weighted by Gasteiger charge is 2.21. The summed E-state index contributed by atoms with van der Waals surface area (Å²) in [6.07, 6.45) is 1.43. The molecule has 1 N–H and O–H groups in total. The van der Waals surface area contributed by atoms with Crippen LogP contribution in [0, 0.1) is 11.3 Å². The minimum absolute atomic E-state index is 0.111. The van der Waals surface area contributed by atoms with Crippen LogP contribution in [-0.4, -0.2) is 27.6 Å². The number of Topliss-reactive ketones (excluding diaryl/α,β-unsaturated/α-hetero) is 1. The Morgan fingerprint density at radius 3 is 2.71 bits per heavy atom. The summed E-state index contributed by atoms with van der Waals surface area (Å²) in [6.45, 7) is 4.17. The number of aromatic amines is 1. The highest BCUT2D eigenvalue weighted by molar-refractivity contribution is 8.00. The quantitative estimate of drug-likeness (QED) is 0.369. The van der Waals surface area contributed by atoms with E-state index in [1.807, 2.05) is 13.0 Å². The second-order valence-corrected chi connectivity index (χ2v) is 7.10. The molecule has 28 heavy (non-hydrogen) atoms. The predicted molar refractivity (Wildman–Crippen MR) is 105 cm³/mol. The summed E-state index contributed by atoms with van der Waals surface area (Å²) in [5, 5.41) is 8.98. The van der Waals surface area contributed by atoms with E-state index in [4.69, 9.17) is 9.15 Å². The summed E-state index contributed by atoms with van der Waals surface area (Å²) in [7, 11) is 0. The summed E-state index contributed by atoms with van der Waals surface area (Å²) in [4.78, 5) is 31.8. The molecule has 7 nitrogen and oxygen atoms in total. The van der Waals surface area contributed by atoms with Gasteiger partial charge in [0.15, 0.2) is 16.7 Å². The Morgan fingerprint density at radius 2 is 2.11 bits per heavy atom. The first-order valence-electron chi connectivity index (χ1n) is 8.55. The van der Waals surface area contributed by atoms with Crippen LogP contribution in [0.2, 0.25) is 0 Å². The number of rotatable bonds is 7. The van der Waals surface area contributed by atoms with Gasteiger partial charge in [0.25, 0.3) is 5.56 Å². The van der Waals surface area contributed by atoms with Gasteiger partial charge in [-0.2, -0.15) is 5.26 Å². The van der Waals surface area contributed by atoms with E-state index in [0.717, 1.165) is 11.8 Å². The fourth-order valence-corrected chi connectivity index (χ4v) is 3.42. The van der Waals surface area contributed by atoms with Gasteiger partial charge in [-0.3, -0.25) is 9.59 Å². The average molecular weight is 395 g/mol. The molecule has 0 fully saturated rings. The van der Waals surface area contributed by atoms with Gasteiger partial charge in [0, 0.05) is 5.56 Å². The highest BCUT2D eigenvalue weighted by Crippen LogP contribution is 2.26. The fourth-order valence-electron chi connectivity index (χ4n) is 2.54. The van der Waals surface area contributed by atoms with Gasteiger partial charge in [-0.1, -0.05) is 11.8 Å². The van der Waals surface area contributed by atoms with Crippen LogP contribution in [0.5, 0.6) is 5.75 Å². The van der Waals surface area contributed by atoms with E-state index in [1.165, 1.54) is 6.26 Å². The summed E-state index contributed by atoms with van der Waals surface area (Å²) in [5.41, 5.74) is -0.0259. The molecule has 2 heterocycles. The number of hydrogen-bond acceptors (Lipinski definition) is 7. The number of aromatic nitrogens is 2. The van der Waals surface area contributed by atoms with Gasteiger partial charge < -0.3 is 14.1 Å². The van der Waals surface area contributed by atoms with E-state index in [-0.39, 0.29) is 22.2 Å². The normalized spacial score (nSPS) is 11.6. The molecule has 0 radical (unpaired) electrons. The third-order valence-corrected chi connectivity index (χ3v) is 4.86. The molecule has 2 aromatic heterocycles. The monoisotopic (exact) mass is 395 g/mol. The van der Waals surface area contributed by atoms with Crippen molar-refractivity contribution in [3.8, 4) is 23.3 Å². The summed E-state index contributed by atoms with van der Waals surface area (Å²) < 4.78 is 10.6. The molecule has 0 amide bonds. The first kappa shape index (κ1) is 19.5. The number of ketones is 1. The van der Waals surface area contributed by atoms with Crippen LogP contribution < -0.4 is 10.3 Å². The van der Waals surface area contributed by atoms with Gasteiger partial charge >= 0.3 is 0 Å². The highest BCUT2D eigenvalue weighted by atomic mass is 32.2. The minimum Gasteiger partial charge on any atom is -0.494 e. The molecule has 1 unspecified atom stereocenters. The molecule has 3 aromatic rings. The zero-order chi connectivity index (χ0) is 20.1. The minimum atomic E-state index is -0.577. The summed E-state index contributed by atoms with van der Waals surface area (Å²) in [6, 6.07) is 12.0. The lowest BCUT2D eigenvalue weighted by Gasteiger charge is -2.11. The molecule has 3 rings (SSSR count). The van der Waals surface area contributed by atoms with Crippen LogP contribution in [0.4, 0.5) is 0 Å². The Kier molecular flexibility index (Phi) is 5.96. The van der Waals surface area contributed by atoms with Crippen molar-refractivity contribution in [2.24, 2.45) is 0 Å². The number of carbonyl (C=O) groups is 1. The SMILES string of the molecule is CCOc1ccc(C(=O)C(C)Sc2nc(-c3ccco3)c(C#N)c(=O)[nH]2)cc1. The average Bonchev–Trinajstić information content (AvgIpc) is 3.22. The maximum absolute atomic E-state index is 12.7. The number of furan rings is 1. The van der Waals surface area contributed by atoms with Crippen molar-refractivity contribution in [3.63, 3.8) is 0 Å². The molecule has 0 aliphatic rings.